The summed E-state index contributed by atoms with van der Waals surface area (Å²) in [6, 6.07) is 0. The number of halogens is 8. The molecule has 0 saturated carbocycles. The molecule has 0 N–H and O–H groups in total. The molecule has 0 aliphatic carbocycles. The van der Waals surface area contributed by atoms with Crippen molar-refractivity contribution in [1.29, 1.82) is 0 Å². The lowest BCUT2D eigenvalue weighted by molar-refractivity contribution is 0.577. The molecule has 0 fully saturated rings. The Morgan fingerprint density at radius 1 is 1.06 bits per heavy atom. The molecule has 0 rings (SSSR count). The van der Waals surface area contributed by atoms with Crippen LogP contribution in [0.25, 0.3) is 0 Å². The van der Waals surface area contributed by atoms with Crippen molar-refractivity contribution in [3.8, 4) is 0 Å². The van der Waals surface area contributed by atoms with E-state index in [1.807, 2.05) is 6.92 Å². The van der Waals surface area contributed by atoms with E-state index in [-0.39, 0.29) is 0 Å². The molecule has 0 bridgehead atoms. The minimum Gasteiger partial charge on any atom is -0.120 e. The predicted molar refractivity (Wildman–Crippen MR) is 84.5 cm³/mol. The van der Waals surface area contributed by atoms with Gasteiger partial charge in [0.25, 0.3) is 0 Å². The fraction of sp³-hybridized carbons (Fsp3) is 1.00. The molecule has 0 aromatic rings. The number of alkyl halides is 8. The average Bonchev–Trinajstić information content (AvgIpc) is 2.11. The summed E-state index contributed by atoms with van der Waals surface area (Å²) in [5.74, 6) is 0. The Kier molecular flexibility index (Phi) is 8.09. The van der Waals surface area contributed by atoms with Gasteiger partial charge in [0.2, 0.25) is 0 Å². The van der Waals surface area contributed by atoms with E-state index in [1.165, 1.54) is 0 Å². The van der Waals surface area contributed by atoms with Crippen LogP contribution < -0.4 is 0 Å². The van der Waals surface area contributed by atoms with E-state index in [0.717, 1.165) is 12.8 Å². The van der Waals surface area contributed by atoms with Crippen molar-refractivity contribution in [2.45, 2.75) is 42.9 Å². The van der Waals surface area contributed by atoms with Gasteiger partial charge in [-0.1, -0.05) is 110 Å². The Morgan fingerprint density at radius 3 is 1.81 bits per heavy atom. The molecule has 0 amide bonds. The smallest absolute Gasteiger partial charge is 0.120 e. The van der Waals surface area contributed by atoms with Crippen LogP contribution in [0.5, 0.6) is 0 Å². The molecule has 1 unspecified atom stereocenters. The second-order valence-corrected chi connectivity index (χ2v) is 11.5. The van der Waals surface area contributed by atoms with E-state index < -0.39 is 16.7 Å². The van der Waals surface area contributed by atoms with Crippen LogP contribution in [0, 0.1) is 0 Å². The van der Waals surface area contributed by atoms with Crippen molar-refractivity contribution in [2.24, 2.45) is 0 Å². The molecule has 0 aliphatic heterocycles. The van der Waals surface area contributed by atoms with Crippen LogP contribution in [-0.4, -0.2) is 16.7 Å². The van der Waals surface area contributed by atoms with Crippen molar-refractivity contribution in [1.82, 2.24) is 0 Å². The van der Waals surface area contributed by atoms with Gasteiger partial charge in [0, 0.05) is 0 Å². The van der Waals surface area contributed by atoms with Crippen molar-refractivity contribution in [2.75, 3.05) is 0 Å². The summed E-state index contributed by atoms with van der Waals surface area (Å²) in [6.07, 6.45) is 2.44. The lowest BCUT2D eigenvalue weighted by Crippen LogP contribution is -2.51. The predicted octanol–water partition coefficient (Wildman–Crippen LogP) is 6.81. The highest BCUT2D eigenvalue weighted by Crippen LogP contribution is 2.60. The molecular weight excluding hydrogens is 469 g/mol. The molecule has 1 atom stereocenters. The van der Waals surface area contributed by atoms with Gasteiger partial charge in [-0.2, -0.15) is 0 Å². The lowest BCUT2D eigenvalue weighted by Gasteiger charge is -2.40. The fourth-order valence-electron chi connectivity index (χ4n) is 0.950. The Labute approximate surface area is 143 Å². The molecule has 0 heterocycles. The van der Waals surface area contributed by atoms with Gasteiger partial charge >= 0.3 is 0 Å². The summed E-state index contributed by atoms with van der Waals surface area (Å²) in [5, 5.41) is -0.612. The average molecular weight is 479 g/mol. The van der Waals surface area contributed by atoms with Crippen LogP contribution in [0.2, 0.25) is 0 Å². The first-order valence-electron chi connectivity index (χ1n) is 4.45. The zero-order valence-electron chi connectivity index (χ0n) is 8.22. The summed E-state index contributed by atoms with van der Waals surface area (Å²) < 4.78 is -4.66. The minimum absolute atomic E-state index is 0.596. The molecule has 16 heavy (non-hydrogen) atoms. The third-order valence-electron chi connectivity index (χ3n) is 1.98. The Balaban J connectivity index is 4.89. The van der Waals surface area contributed by atoms with Crippen LogP contribution in [0.15, 0.2) is 0 Å². The van der Waals surface area contributed by atoms with Gasteiger partial charge in [-0.15, -0.1) is 11.6 Å². The van der Waals surface area contributed by atoms with Gasteiger partial charge in [-0.25, -0.2) is 0 Å². The molecular formula is C8H10Br2Cl6. The molecule has 0 aromatic carbocycles. The third-order valence-corrected chi connectivity index (χ3v) is 7.97. The van der Waals surface area contributed by atoms with Crippen LogP contribution in [0.1, 0.15) is 26.2 Å². The standard InChI is InChI=1S/C8H10Br2Cl6/c1-2-3-4-5(11)6(12,13)7(14,15)8(9,10)16/h5H,2-4H2,1H3. The molecule has 0 saturated heterocycles. The maximum atomic E-state index is 6.12. The molecule has 0 aliphatic rings. The second-order valence-electron chi connectivity index (χ2n) is 3.30. The molecule has 98 valence electrons. The van der Waals surface area contributed by atoms with Crippen molar-refractivity contribution < 1.29 is 0 Å². The summed E-state index contributed by atoms with van der Waals surface area (Å²) in [7, 11) is 0. The quantitative estimate of drug-likeness (QED) is 0.368. The number of rotatable bonds is 6. The van der Waals surface area contributed by atoms with Gasteiger partial charge < -0.3 is 0 Å². The Hall–Kier alpha value is 2.70. The van der Waals surface area contributed by atoms with E-state index in [1.54, 1.807) is 0 Å². The number of unbranched alkanes of at least 4 members (excludes halogenated alkanes) is 1. The Morgan fingerprint density at radius 2 is 1.50 bits per heavy atom. The highest BCUT2D eigenvalue weighted by Gasteiger charge is 2.61. The first-order valence-corrected chi connectivity index (χ1v) is 8.36. The summed E-state index contributed by atoms with van der Waals surface area (Å²) in [5.41, 5.74) is 0. The van der Waals surface area contributed by atoms with Gasteiger partial charge in [-0.3, -0.25) is 0 Å². The maximum Gasteiger partial charge on any atom is 0.190 e. The van der Waals surface area contributed by atoms with Gasteiger partial charge in [0.15, 0.2) is 11.4 Å². The van der Waals surface area contributed by atoms with Crippen LogP contribution in [0.4, 0.5) is 0 Å². The minimum atomic E-state index is -1.70. The highest BCUT2D eigenvalue weighted by atomic mass is 79.9. The zero-order valence-corrected chi connectivity index (χ0v) is 15.9. The highest BCUT2D eigenvalue weighted by molar-refractivity contribution is 9.26. The van der Waals surface area contributed by atoms with Crippen molar-refractivity contribution in [3.63, 3.8) is 0 Å². The summed E-state index contributed by atoms with van der Waals surface area (Å²) >= 11 is 42.6. The summed E-state index contributed by atoms with van der Waals surface area (Å²) in [6.45, 7) is 2.03. The van der Waals surface area contributed by atoms with Crippen molar-refractivity contribution in [3.05, 3.63) is 0 Å². The van der Waals surface area contributed by atoms with Crippen LogP contribution in [0.3, 0.4) is 0 Å². The van der Waals surface area contributed by atoms with Gasteiger partial charge in [-0.05, 0) is 6.42 Å². The van der Waals surface area contributed by atoms with Crippen molar-refractivity contribution >= 4 is 101 Å². The topological polar surface area (TPSA) is 0 Å². The van der Waals surface area contributed by atoms with Gasteiger partial charge in [0.1, 0.15) is 0 Å². The first kappa shape index (κ1) is 18.7. The number of hydrogen-bond acceptors (Lipinski definition) is 0. The first-order chi connectivity index (χ1) is 6.98. The molecule has 8 heteroatoms. The second kappa shape index (κ2) is 6.92. The maximum absolute atomic E-state index is 6.12. The van der Waals surface area contributed by atoms with Crippen LogP contribution >= 0.6 is 101 Å². The zero-order chi connectivity index (χ0) is 13.2. The molecule has 0 radical (unpaired) electrons. The molecule has 0 nitrogen and oxygen atoms in total. The van der Waals surface area contributed by atoms with E-state index in [4.69, 9.17) is 69.6 Å². The molecule has 0 aromatic heterocycles. The largest absolute Gasteiger partial charge is 0.190 e. The summed E-state index contributed by atoms with van der Waals surface area (Å²) in [4.78, 5) is 0. The Bertz CT molecular complexity index is 225. The van der Waals surface area contributed by atoms with E-state index in [2.05, 4.69) is 31.9 Å². The van der Waals surface area contributed by atoms with E-state index in [0.29, 0.717) is 6.42 Å². The SMILES string of the molecule is CCCCC(Cl)C(Cl)(Cl)C(Cl)(Cl)C(Cl)(Br)Br. The van der Waals surface area contributed by atoms with Gasteiger partial charge in [0.05, 0.1) is 5.38 Å². The molecule has 0 spiro atoms. The third kappa shape index (κ3) is 4.37. The number of hydrogen-bond donors (Lipinski definition) is 0. The fourth-order valence-corrected chi connectivity index (χ4v) is 3.47. The monoisotopic (exact) mass is 474 g/mol. The van der Waals surface area contributed by atoms with E-state index >= 15 is 0 Å². The van der Waals surface area contributed by atoms with Crippen LogP contribution in [-0.2, 0) is 0 Å². The van der Waals surface area contributed by atoms with E-state index in [9.17, 15) is 0 Å². The lowest BCUT2D eigenvalue weighted by atomic mass is 10.1. The normalized spacial score (nSPS) is 16.3.